The third kappa shape index (κ3) is 0.762. The molecule has 0 saturated carbocycles. The molecule has 2 nitrogen and oxygen atoms in total. The highest BCUT2D eigenvalue weighted by molar-refractivity contribution is 5.20. The standard InChI is InChI=1S/C8H11NO/c1-7-2-3-9-4-5-10-6-8(7)9/h2-3H,4-6H2,1H3. The fourth-order valence-electron chi connectivity index (χ4n) is 1.35. The van der Waals surface area contributed by atoms with Gasteiger partial charge in [-0.05, 0) is 18.6 Å². The number of aryl methyl sites for hydroxylation is 1. The van der Waals surface area contributed by atoms with Gasteiger partial charge in [0.15, 0.2) is 0 Å². The summed E-state index contributed by atoms with van der Waals surface area (Å²) in [6, 6.07) is 2.14. The van der Waals surface area contributed by atoms with E-state index in [1.165, 1.54) is 11.3 Å². The Labute approximate surface area is 60.4 Å². The number of rotatable bonds is 0. The molecule has 1 aliphatic rings. The van der Waals surface area contributed by atoms with Crippen molar-refractivity contribution in [1.82, 2.24) is 4.57 Å². The molecular weight excluding hydrogens is 126 g/mol. The van der Waals surface area contributed by atoms with Crippen molar-refractivity contribution in [3.63, 3.8) is 0 Å². The predicted octanol–water partition coefficient (Wildman–Crippen LogP) is 1.33. The number of fused-ring (bicyclic) bond motifs is 1. The Morgan fingerprint density at radius 2 is 2.50 bits per heavy atom. The van der Waals surface area contributed by atoms with Gasteiger partial charge in [-0.15, -0.1) is 0 Å². The molecule has 10 heavy (non-hydrogen) atoms. The van der Waals surface area contributed by atoms with Crippen molar-refractivity contribution >= 4 is 0 Å². The van der Waals surface area contributed by atoms with E-state index in [1.807, 2.05) is 0 Å². The van der Waals surface area contributed by atoms with Crippen LogP contribution in [0.4, 0.5) is 0 Å². The average Bonchev–Trinajstić information content (AvgIpc) is 2.34. The highest BCUT2D eigenvalue weighted by atomic mass is 16.5. The molecule has 0 aromatic carbocycles. The molecule has 0 unspecified atom stereocenters. The maximum Gasteiger partial charge on any atom is 0.0871 e. The van der Waals surface area contributed by atoms with Gasteiger partial charge in [-0.2, -0.15) is 0 Å². The normalized spacial score (nSPS) is 16.9. The Morgan fingerprint density at radius 1 is 1.60 bits per heavy atom. The van der Waals surface area contributed by atoms with Crippen LogP contribution >= 0.6 is 0 Å². The van der Waals surface area contributed by atoms with Gasteiger partial charge < -0.3 is 9.30 Å². The van der Waals surface area contributed by atoms with E-state index in [9.17, 15) is 0 Å². The molecule has 0 spiro atoms. The zero-order valence-electron chi connectivity index (χ0n) is 6.13. The summed E-state index contributed by atoms with van der Waals surface area (Å²) >= 11 is 0. The van der Waals surface area contributed by atoms with Crippen LogP contribution in [0.3, 0.4) is 0 Å². The number of hydrogen-bond donors (Lipinski definition) is 0. The average molecular weight is 137 g/mol. The number of nitrogens with zero attached hydrogens (tertiary/aromatic N) is 1. The van der Waals surface area contributed by atoms with Gasteiger partial charge in [0.1, 0.15) is 0 Å². The minimum atomic E-state index is 0.791. The number of hydrogen-bond acceptors (Lipinski definition) is 1. The summed E-state index contributed by atoms with van der Waals surface area (Å²) in [5.74, 6) is 0. The molecule has 2 heteroatoms. The predicted molar refractivity (Wildman–Crippen MR) is 38.8 cm³/mol. The van der Waals surface area contributed by atoms with E-state index in [4.69, 9.17) is 4.74 Å². The Balaban J connectivity index is 2.45. The summed E-state index contributed by atoms with van der Waals surface area (Å²) in [5, 5.41) is 0. The van der Waals surface area contributed by atoms with E-state index in [1.54, 1.807) is 0 Å². The van der Waals surface area contributed by atoms with Crippen LogP contribution in [0, 0.1) is 6.92 Å². The monoisotopic (exact) mass is 137 g/mol. The second kappa shape index (κ2) is 2.13. The van der Waals surface area contributed by atoms with E-state index in [0.29, 0.717) is 0 Å². The molecule has 0 saturated heterocycles. The van der Waals surface area contributed by atoms with Gasteiger partial charge in [0.05, 0.1) is 13.2 Å². The summed E-state index contributed by atoms with van der Waals surface area (Å²) in [7, 11) is 0. The van der Waals surface area contributed by atoms with E-state index in [-0.39, 0.29) is 0 Å². The lowest BCUT2D eigenvalue weighted by atomic mass is 10.3. The van der Waals surface area contributed by atoms with Gasteiger partial charge in [0.2, 0.25) is 0 Å². The number of ether oxygens (including phenoxy) is 1. The highest BCUT2D eigenvalue weighted by Crippen LogP contribution is 2.14. The van der Waals surface area contributed by atoms with Crippen molar-refractivity contribution < 1.29 is 4.74 Å². The molecule has 1 aromatic heterocycles. The van der Waals surface area contributed by atoms with Gasteiger partial charge >= 0.3 is 0 Å². The van der Waals surface area contributed by atoms with Crippen LogP contribution in [0.5, 0.6) is 0 Å². The first-order chi connectivity index (χ1) is 4.88. The summed E-state index contributed by atoms with van der Waals surface area (Å²) in [6.45, 7) is 4.80. The molecule has 0 bridgehead atoms. The van der Waals surface area contributed by atoms with E-state index < -0.39 is 0 Å². The largest absolute Gasteiger partial charge is 0.373 e. The SMILES string of the molecule is Cc1ccn2c1COCC2. The second-order valence-electron chi connectivity index (χ2n) is 2.69. The van der Waals surface area contributed by atoms with Crippen LogP contribution < -0.4 is 0 Å². The van der Waals surface area contributed by atoms with Gasteiger partial charge in [-0.1, -0.05) is 0 Å². The van der Waals surface area contributed by atoms with Crippen LogP contribution in [-0.2, 0) is 17.9 Å². The van der Waals surface area contributed by atoms with Gasteiger partial charge in [0, 0.05) is 18.4 Å². The molecular formula is C8H11NO. The maximum atomic E-state index is 5.31. The van der Waals surface area contributed by atoms with Gasteiger partial charge in [0.25, 0.3) is 0 Å². The van der Waals surface area contributed by atoms with Crippen LogP contribution in [0.15, 0.2) is 12.3 Å². The maximum absolute atomic E-state index is 5.31. The molecule has 1 aromatic rings. The van der Waals surface area contributed by atoms with E-state index in [2.05, 4.69) is 23.8 Å². The molecule has 54 valence electrons. The molecule has 0 N–H and O–H groups in total. The van der Waals surface area contributed by atoms with E-state index >= 15 is 0 Å². The van der Waals surface area contributed by atoms with Crippen molar-refractivity contribution in [3.05, 3.63) is 23.5 Å². The van der Waals surface area contributed by atoms with Crippen LogP contribution in [-0.4, -0.2) is 11.2 Å². The highest BCUT2D eigenvalue weighted by Gasteiger charge is 2.09. The fourth-order valence-corrected chi connectivity index (χ4v) is 1.35. The fraction of sp³-hybridized carbons (Fsp3) is 0.500. The summed E-state index contributed by atoms with van der Waals surface area (Å²) < 4.78 is 7.58. The molecule has 2 heterocycles. The van der Waals surface area contributed by atoms with Crippen molar-refractivity contribution in [1.29, 1.82) is 0 Å². The molecule has 0 fully saturated rings. The molecule has 1 aliphatic heterocycles. The summed E-state index contributed by atoms with van der Waals surface area (Å²) in [6.07, 6.45) is 2.13. The summed E-state index contributed by atoms with van der Waals surface area (Å²) in [4.78, 5) is 0. The van der Waals surface area contributed by atoms with Gasteiger partial charge in [-0.3, -0.25) is 0 Å². The first-order valence-electron chi connectivity index (χ1n) is 3.60. The van der Waals surface area contributed by atoms with Gasteiger partial charge in [-0.25, -0.2) is 0 Å². The zero-order valence-corrected chi connectivity index (χ0v) is 6.13. The quantitative estimate of drug-likeness (QED) is 0.526. The molecule has 0 amide bonds. The lowest BCUT2D eigenvalue weighted by Crippen LogP contribution is -2.15. The second-order valence-corrected chi connectivity index (χ2v) is 2.69. The molecule has 2 rings (SSSR count). The lowest BCUT2D eigenvalue weighted by molar-refractivity contribution is 0.0845. The lowest BCUT2D eigenvalue weighted by Gasteiger charge is -2.16. The van der Waals surface area contributed by atoms with Crippen molar-refractivity contribution in [2.24, 2.45) is 0 Å². The molecule has 0 atom stereocenters. The molecule has 0 aliphatic carbocycles. The van der Waals surface area contributed by atoms with E-state index in [0.717, 1.165) is 19.8 Å². The smallest absolute Gasteiger partial charge is 0.0871 e. The summed E-state index contributed by atoms with van der Waals surface area (Å²) in [5.41, 5.74) is 2.69. The Morgan fingerprint density at radius 3 is 3.30 bits per heavy atom. The van der Waals surface area contributed by atoms with Crippen LogP contribution in [0.1, 0.15) is 11.3 Å². The Hall–Kier alpha value is -0.760. The first kappa shape index (κ1) is 5.98. The van der Waals surface area contributed by atoms with Crippen LogP contribution in [0.2, 0.25) is 0 Å². The number of aromatic nitrogens is 1. The van der Waals surface area contributed by atoms with Crippen molar-refractivity contribution in [3.8, 4) is 0 Å². The third-order valence-electron chi connectivity index (χ3n) is 2.02. The Kier molecular flexibility index (Phi) is 1.27. The molecule has 0 radical (unpaired) electrons. The Bertz CT molecular complexity index is 239. The third-order valence-corrected chi connectivity index (χ3v) is 2.02. The van der Waals surface area contributed by atoms with Crippen LogP contribution in [0.25, 0.3) is 0 Å². The minimum absolute atomic E-state index is 0.791. The van der Waals surface area contributed by atoms with Crippen molar-refractivity contribution in [2.45, 2.75) is 20.1 Å². The zero-order chi connectivity index (χ0) is 6.97. The topological polar surface area (TPSA) is 14.2 Å². The minimum Gasteiger partial charge on any atom is -0.373 e. The first-order valence-corrected chi connectivity index (χ1v) is 3.60. The van der Waals surface area contributed by atoms with Crippen molar-refractivity contribution in [2.75, 3.05) is 6.61 Å².